The van der Waals surface area contributed by atoms with Crippen LogP contribution in [0.25, 0.3) is 27.9 Å². The number of carboxylic acid groups (broad SMARTS) is 2. The normalized spacial score (nSPS) is 12.3. The number of aromatic amines is 1. The number of aliphatic carboxylic acids is 2. The van der Waals surface area contributed by atoms with Crippen molar-refractivity contribution in [1.82, 2.24) is 29.0 Å². The lowest BCUT2D eigenvalue weighted by atomic mass is 10.1. The van der Waals surface area contributed by atoms with Gasteiger partial charge in [-0.25, -0.2) is 36.2 Å². The number of carbonyl (C=O) groups is 2. The number of sulfonamides is 2. The minimum absolute atomic E-state index is 0.0406. The second kappa shape index (κ2) is 20.7. The molecule has 16 nitrogen and oxygen atoms in total. The van der Waals surface area contributed by atoms with Crippen LogP contribution in [0.4, 0.5) is 17.6 Å². The standard InChI is InChI=1S/2C24H22N4O4S/c25-24-26-12-13-28(24)20-10-4-8-18(14-20)19-9-5-11-21(15-19)33(31,32)27-22(16-23(29)30)17-6-2-1-3-7-17;29-23(30)16-22(17-6-2-1-3-7-17)28-33(31,32)21-11-5-9-19(15-21)18-8-4-10-20(14-18)27-24-25-12-13-26-24/h1-15,22,27H,16H2,(H2,25,26)(H,29,30);1-15,22,28H,16H2,(H,29,30)(H2,25,26,27). The summed E-state index contributed by atoms with van der Waals surface area (Å²) in [6.45, 7) is 0. The van der Waals surface area contributed by atoms with Crippen molar-refractivity contribution in [2.75, 3.05) is 11.1 Å². The van der Waals surface area contributed by atoms with Crippen molar-refractivity contribution in [3.05, 3.63) is 194 Å². The third-order valence-corrected chi connectivity index (χ3v) is 13.1. The summed E-state index contributed by atoms with van der Waals surface area (Å²) < 4.78 is 59.4. The Balaban J connectivity index is 0.000000196. The molecule has 66 heavy (non-hydrogen) atoms. The topological polar surface area (TPSA) is 251 Å². The number of nitrogens with two attached hydrogens (primary N) is 1. The highest BCUT2D eigenvalue weighted by molar-refractivity contribution is 7.89. The Morgan fingerprint density at radius 2 is 1.08 bits per heavy atom. The van der Waals surface area contributed by atoms with E-state index in [2.05, 4.69) is 29.7 Å². The third-order valence-electron chi connectivity index (χ3n) is 10.1. The van der Waals surface area contributed by atoms with Crippen LogP contribution in [0.2, 0.25) is 0 Å². The van der Waals surface area contributed by atoms with Gasteiger partial charge in [0, 0.05) is 36.2 Å². The number of rotatable bonds is 17. The lowest BCUT2D eigenvalue weighted by molar-refractivity contribution is -0.138. The van der Waals surface area contributed by atoms with E-state index >= 15 is 0 Å². The van der Waals surface area contributed by atoms with Gasteiger partial charge in [-0.2, -0.15) is 0 Å². The molecule has 8 aromatic rings. The van der Waals surface area contributed by atoms with Gasteiger partial charge in [0.1, 0.15) is 0 Å². The van der Waals surface area contributed by atoms with Crippen LogP contribution < -0.4 is 20.5 Å². The summed E-state index contributed by atoms with van der Waals surface area (Å²) >= 11 is 0. The maximum absolute atomic E-state index is 13.1. The average molecular weight is 925 g/mol. The SMILES string of the molecule is Nc1nccn1-c1cccc(-c2cccc(S(=O)(=O)NC(CC(=O)O)c3ccccc3)c2)c1.O=C(O)CC(NS(=O)(=O)c1cccc(-c2cccc(Nc3ncc[nH]3)c2)c1)c1ccccc1. The first-order chi connectivity index (χ1) is 31.7. The van der Waals surface area contributed by atoms with E-state index in [1.807, 2.05) is 54.6 Å². The molecule has 0 radical (unpaired) electrons. The van der Waals surface area contributed by atoms with Gasteiger partial charge in [0.25, 0.3) is 0 Å². The Bertz CT molecular complexity index is 3150. The van der Waals surface area contributed by atoms with Crippen molar-refractivity contribution in [1.29, 1.82) is 0 Å². The van der Waals surface area contributed by atoms with Crippen LogP contribution in [0.1, 0.15) is 36.1 Å². The largest absolute Gasteiger partial charge is 0.481 e. The summed E-state index contributed by atoms with van der Waals surface area (Å²) in [5.41, 5.74) is 11.6. The molecule has 0 aliphatic heterocycles. The fraction of sp³-hybridized carbons (Fsp3) is 0.0833. The number of carboxylic acids is 2. The number of anilines is 3. The molecule has 0 spiro atoms. The molecular weight excluding hydrogens is 881 g/mol. The van der Waals surface area contributed by atoms with Crippen LogP contribution in [0, 0.1) is 0 Å². The van der Waals surface area contributed by atoms with E-state index in [4.69, 9.17) is 5.73 Å². The van der Waals surface area contributed by atoms with Crippen molar-refractivity contribution >= 4 is 49.6 Å². The van der Waals surface area contributed by atoms with Gasteiger partial charge in [-0.3, -0.25) is 14.2 Å². The van der Waals surface area contributed by atoms with Crippen molar-refractivity contribution < 1.29 is 36.6 Å². The molecule has 2 atom stereocenters. The molecule has 0 aliphatic rings. The molecule has 0 amide bonds. The molecule has 0 saturated carbocycles. The zero-order valence-electron chi connectivity index (χ0n) is 35.0. The van der Waals surface area contributed by atoms with E-state index in [1.165, 1.54) is 12.1 Å². The lowest BCUT2D eigenvalue weighted by Gasteiger charge is -2.18. The molecule has 2 unspecified atom stereocenters. The first-order valence-corrected chi connectivity index (χ1v) is 23.3. The minimum atomic E-state index is -3.99. The Labute approximate surface area is 381 Å². The molecule has 2 aromatic heterocycles. The summed E-state index contributed by atoms with van der Waals surface area (Å²) in [5.74, 6) is -1.26. The molecule has 6 aromatic carbocycles. The minimum Gasteiger partial charge on any atom is -0.481 e. The van der Waals surface area contributed by atoms with E-state index in [0.29, 0.717) is 34.2 Å². The summed E-state index contributed by atoms with van der Waals surface area (Å²) in [7, 11) is -7.97. The monoisotopic (exact) mass is 924 g/mol. The zero-order valence-corrected chi connectivity index (χ0v) is 36.6. The summed E-state index contributed by atoms with van der Waals surface area (Å²) in [6.07, 6.45) is 5.94. The number of aromatic nitrogens is 4. The van der Waals surface area contributed by atoms with Crippen LogP contribution >= 0.6 is 0 Å². The maximum Gasteiger partial charge on any atom is 0.305 e. The molecule has 18 heteroatoms. The number of hydrogen-bond donors (Lipinski definition) is 7. The van der Waals surface area contributed by atoms with Crippen LogP contribution in [0.15, 0.2) is 192 Å². The van der Waals surface area contributed by atoms with Crippen LogP contribution in [-0.2, 0) is 29.6 Å². The number of hydrogen-bond acceptors (Lipinski definition) is 10. The fourth-order valence-electron chi connectivity index (χ4n) is 6.99. The first kappa shape index (κ1) is 46.1. The van der Waals surface area contributed by atoms with E-state index < -0.39 is 44.1 Å². The molecule has 0 fully saturated rings. The highest BCUT2D eigenvalue weighted by atomic mass is 32.2. The molecular formula is C48H44N8O8S2. The second-order valence-corrected chi connectivity index (χ2v) is 18.2. The van der Waals surface area contributed by atoms with Gasteiger partial charge in [0.15, 0.2) is 0 Å². The lowest BCUT2D eigenvalue weighted by Crippen LogP contribution is -2.30. The second-order valence-electron chi connectivity index (χ2n) is 14.8. The number of H-pyrrole nitrogens is 1. The predicted molar refractivity (Wildman–Crippen MR) is 251 cm³/mol. The molecule has 0 bridgehead atoms. The van der Waals surface area contributed by atoms with E-state index in [-0.39, 0.29) is 22.6 Å². The van der Waals surface area contributed by atoms with E-state index in [1.54, 1.807) is 120 Å². The summed E-state index contributed by atoms with van der Waals surface area (Å²) in [5, 5.41) is 21.7. The number of nitrogens with one attached hydrogen (secondary N) is 4. The Hall–Kier alpha value is -7.90. The van der Waals surface area contributed by atoms with Crippen LogP contribution in [-0.4, -0.2) is 58.5 Å². The molecule has 8 rings (SSSR count). The highest BCUT2D eigenvalue weighted by Gasteiger charge is 2.25. The van der Waals surface area contributed by atoms with Gasteiger partial charge in [-0.05, 0) is 81.9 Å². The predicted octanol–water partition coefficient (Wildman–Crippen LogP) is 7.93. The Morgan fingerprint density at radius 3 is 1.55 bits per heavy atom. The average Bonchev–Trinajstić information content (AvgIpc) is 4.01. The van der Waals surface area contributed by atoms with E-state index in [9.17, 15) is 36.6 Å². The molecule has 8 N–H and O–H groups in total. The van der Waals surface area contributed by atoms with Crippen molar-refractivity contribution in [2.24, 2.45) is 0 Å². The first-order valence-electron chi connectivity index (χ1n) is 20.3. The van der Waals surface area contributed by atoms with Crippen LogP contribution in [0.5, 0.6) is 0 Å². The van der Waals surface area contributed by atoms with Gasteiger partial charge in [-0.1, -0.05) is 109 Å². The van der Waals surface area contributed by atoms with Crippen molar-refractivity contribution in [3.8, 4) is 27.9 Å². The van der Waals surface area contributed by atoms with Crippen molar-refractivity contribution in [3.63, 3.8) is 0 Å². The quantitative estimate of drug-likeness (QED) is 0.0460. The number of nitrogens with zero attached hydrogens (tertiary/aromatic N) is 3. The van der Waals surface area contributed by atoms with E-state index in [0.717, 1.165) is 22.5 Å². The zero-order chi connectivity index (χ0) is 46.7. The number of benzene rings is 6. The Kier molecular flexibility index (Phi) is 14.5. The third kappa shape index (κ3) is 12.0. The number of imidazole rings is 2. The van der Waals surface area contributed by atoms with Crippen molar-refractivity contribution in [2.45, 2.75) is 34.7 Å². The molecule has 336 valence electrons. The fourth-order valence-corrected chi connectivity index (χ4v) is 9.53. The maximum atomic E-state index is 13.1. The molecule has 0 saturated heterocycles. The van der Waals surface area contributed by atoms with Gasteiger partial charge in [0.05, 0.1) is 34.7 Å². The van der Waals surface area contributed by atoms with Gasteiger partial charge in [-0.15, -0.1) is 0 Å². The Morgan fingerprint density at radius 1 is 0.591 bits per heavy atom. The number of nitrogen functional groups attached to an aromatic ring is 1. The van der Waals surface area contributed by atoms with Crippen LogP contribution in [0.3, 0.4) is 0 Å². The van der Waals surface area contributed by atoms with Gasteiger partial charge < -0.3 is 26.2 Å². The smallest absolute Gasteiger partial charge is 0.305 e. The summed E-state index contributed by atoms with van der Waals surface area (Å²) in [6, 6.07) is 43.5. The molecule has 2 heterocycles. The van der Waals surface area contributed by atoms with Gasteiger partial charge in [0.2, 0.25) is 31.9 Å². The molecule has 0 aliphatic carbocycles. The summed E-state index contributed by atoms with van der Waals surface area (Å²) in [4.78, 5) is 33.9. The highest BCUT2D eigenvalue weighted by Crippen LogP contribution is 2.29. The van der Waals surface area contributed by atoms with Gasteiger partial charge >= 0.3 is 11.9 Å².